The van der Waals surface area contributed by atoms with Crippen LogP contribution in [-0.4, -0.2) is 90.8 Å². The third-order valence-electron chi connectivity index (χ3n) is 7.17. The largest absolute Gasteiger partial charge is 0.398 e. The maximum Gasteiger partial charge on any atom is 0.227 e. The Kier molecular flexibility index (Phi) is 7.25. The average molecular weight is 513 g/mol. The van der Waals surface area contributed by atoms with Gasteiger partial charge in [0.25, 0.3) is 0 Å². The normalized spacial score (nSPS) is 19.6. The standard InChI is InChI=1S/C28H32N8O2/c29-27(20-2-1-8-30-14-20)25(15-32-22-16-37-17-22)26-7-9-31-28(34-26)33-21-3-5-23(6-4-21)35-10-12-36(13-11-35)24-18-38-19-24/h1-9,14-15,22,24H,10-13,16-19,29H2,(H,31,33,34). The van der Waals surface area contributed by atoms with Gasteiger partial charge in [0.05, 0.1) is 49.9 Å². The van der Waals surface area contributed by atoms with Gasteiger partial charge in [0, 0.05) is 73.5 Å². The lowest BCUT2D eigenvalue weighted by molar-refractivity contribution is -0.0660. The second-order valence-electron chi connectivity index (χ2n) is 9.69. The molecule has 3 aromatic rings. The van der Waals surface area contributed by atoms with Gasteiger partial charge in [-0.25, -0.2) is 9.97 Å². The Balaban J connectivity index is 1.16. The van der Waals surface area contributed by atoms with Crippen LogP contribution in [0.1, 0.15) is 11.3 Å². The van der Waals surface area contributed by atoms with Crippen molar-refractivity contribution in [1.82, 2.24) is 19.9 Å². The molecular formula is C28H32N8O2. The molecule has 3 saturated heterocycles. The molecule has 196 valence electrons. The molecule has 3 N–H and O–H groups in total. The molecule has 3 aliphatic rings. The Morgan fingerprint density at radius 1 is 0.974 bits per heavy atom. The molecule has 0 saturated carbocycles. The topological polar surface area (TPSA) is 114 Å². The second-order valence-corrected chi connectivity index (χ2v) is 9.69. The first kappa shape index (κ1) is 24.5. The van der Waals surface area contributed by atoms with Crippen LogP contribution in [0.4, 0.5) is 17.3 Å². The van der Waals surface area contributed by atoms with Crippen molar-refractivity contribution in [1.29, 1.82) is 0 Å². The number of anilines is 3. The zero-order valence-electron chi connectivity index (χ0n) is 21.2. The fourth-order valence-corrected chi connectivity index (χ4v) is 4.67. The predicted molar refractivity (Wildman–Crippen MR) is 148 cm³/mol. The number of nitrogens with zero attached hydrogens (tertiary/aromatic N) is 6. The van der Waals surface area contributed by atoms with Crippen molar-refractivity contribution >= 4 is 34.8 Å². The van der Waals surface area contributed by atoms with Crippen LogP contribution in [0.25, 0.3) is 11.3 Å². The highest BCUT2D eigenvalue weighted by Gasteiger charge is 2.28. The number of allylic oxidation sites excluding steroid dienone is 1. The van der Waals surface area contributed by atoms with Crippen LogP contribution in [0, 0.1) is 0 Å². The van der Waals surface area contributed by atoms with Gasteiger partial charge in [-0.2, -0.15) is 0 Å². The maximum absolute atomic E-state index is 6.57. The molecular weight excluding hydrogens is 480 g/mol. The molecule has 0 aliphatic carbocycles. The van der Waals surface area contributed by atoms with E-state index in [0.29, 0.717) is 36.6 Å². The highest BCUT2D eigenvalue weighted by molar-refractivity contribution is 6.18. The summed E-state index contributed by atoms with van der Waals surface area (Å²) >= 11 is 0. The van der Waals surface area contributed by atoms with E-state index in [0.717, 1.165) is 56.2 Å². The second kappa shape index (κ2) is 11.3. The number of nitrogens with one attached hydrogen (secondary N) is 1. The minimum Gasteiger partial charge on any atom is -0.398 e. The van der Waals surface area contributed by atoms with Crippen molar-refractivity contribution in [3.05, 3.63) is 72.3 Å². The SMILES string of the molecule is NC(=C(C=NC1COC1)c1ccnc(Nc2ccc(N3CCN(C4COC4)CC3)cc2)n1)c1cccnc1. The fraction of sp³-hybridized carbons (Fsp3) is 0.357. The summed E-state index contributed by atoms with van der Waals surface area (Å²) in [5.74, 6) is 0.489. The number of pyridine rings is 1. The first-order chi connectivity index (χ1) is 18.7. The molecule has 10 heteroatoms. The van der Waals surface area contributed by atoms with Gasteiger partial charge in [0.2, 0.25) is 5.95 Å². The molecule has 0 atom stereocenters. The summed E-state index contributed by atoms with van der Waals surface area (Å²) in [6, 6.07) is 14.8. The molecule has 0 bridgehead atoms. The zero-order chi connectivity index (χ0) is 25.7. The number of hydrogen-bond donors (Lipinski definition) is 2. The summed E-state index contributed by atoms with van der Waals surface area (Å²) in [6.07, 6.45) is 6.97. The molecule has 2 aromatic heterocycles. The van der Waals surface area contributed by atoms with Crippen LogP contribution in [0.2, 0.25) is 0 Å². The minimum absolute atomic E-state index is 0.139. The average Bonchev–Trinajstić information content (AvgIpc) is 2.90. The zero-order valence-corrected chi connectivity index (χ0v) is 21.2. The predicted octanol–water partition coefficient (Wildman–Crippen LogP) is 2.43. The Morgan fingerprint density at radius 3 is 2.42 bits per heavy atom. The fourth-order valence-electron chi connectivity index (χ4n) is 4.67. The lowest BCUT2D eigenvalue weighted by Crippen LogP contribution is -2.56. The number of ether oxygens (including phenoxy) is 2. The summed E-state index contributed by atoms with van der Waals surface area (Å²) in [6.45, 7) is 7.18. The van der Waals surface area contributed by atoms with Crippen molar-refractivity contribution in [3.8, 4) is 0 Å². The van der Waals surface area contributed by atoms with Crippen LogP contribution in [0.15, 0.2) is 66.0 Å². The van der Waals surface area contributed by atoms with Crippen LogP contribution in [-0.2, 0) is 9.47 Å². The summed E-state index contributed by atoms with van der Waals surface area (Å²) in [4.78, 5) is 23.0. The molecule has 0 amide bonds. The highest BCUT2D eigenvalue weighted by atomic mass is 16.5. The van der Waals surface area contributed by atoms with E-state index in [4.69, 9.17) is 20.2 Å². The van der Waals surface area contributed by atoms with E-state index in [9.17, 15) is 0 Å². The molecule has 5 heterocycles. The van der Waals surface area contributed by atoms with Crippen molar-refractivity contribution in [2.75, 3.05) is 62.8 Å². The molecule has 38 heavy (non-hydrogen) atoms. The van der Waals surface area contributed by atoms with Gasteiger partial charge < -0.3 is 25.4 Å². The number of benzene rings is 1. The molecule has 10 nitrogen and oxygen atoms in total. The molecule has 6 rings (SSSR count). The van der Waals surface area contributed by atoms with Crippen molar-refractivity contribution < 1.29 is 9.47 Å². The van der Waals surface area contributed by atoms with Gasteiger partial charge in [-0.15, -0.1) is 0 Å². The molecule has 3 fully saturated rings. The van der Waals surface area contributed by atoms with Gasteiger partial charge in [-0.3, -0.25) is 14.9 Å². The first-order valence-electron chi connectivity index (χ1n) is 13.0. The number of hydrogen-bond acceptors (Lipinski definition) is 10. The summed E-state index contributed by atoms with van der Waals surface area (Å²) < 4.78 is 10.6. The number of aliphatic imine (C=N–C) groups is 1. The van der Waals surface area contributed by atoms with Gasteiger partial charge >= 0.3 is 0 Å². The first-order valence-corrected chi connectivity index (χ1v) is 13.0. The number of nitrogens with two attached hydrogens (primary N) is 1. The van der Waals surface area contributed by atoms with Gasteiger partial charge in [0.1, 0.15) is 0 Å². The number of aromatic nitrogens is 3. The lowest BCUT2D eigenvalue weighted by Gasteiger charge is -2.43. The maximum atomic E-state index is 6.57. The van der Waals surface area contributed by atoms with E-state index >= 15 is 0 Å². The quantitative estimate of drug-likeness (QED) is 0.439. The van der Waals surface area contributed by atoms with Gasteiger partial charge in [0.15, 0.2) is 0 Å². The molecule has 1 aromatic carbocycles. The van der Waals surface area contributed by atoms with Crippen LogP contribution in [0.5, 0.6) is 0 Å². The molecule has 0 spiro atoms. The Morgan fingerprint density at radius 2 is 1.76 bits per heavy atom. The van der Waals surface area contributed by atoms with E-state index in [1.807, 2.05) is 18.2 Å². The smallest absolute Gasteiger partial charge is 0.227 e. The third-order valence-corrected chi connectivity index (χ3v) is 7.17. The van der Waals surface area contributed by atoms with Gasteiger partial charge in [-0.1, -0.05) is 0 Å². The molecule has 0 radical (unpaired) electrons. The number of rotatable bonds is 8. The minimum atomic E-state index is 0.139. The van der Waals surface area contributed by atoms with E-state index in [1.165, 1.54) is 5.69 Å². The summed E-state index contributed by atoms with van der Waals surface area (Å²) in [7, 11) is 0. The monoisotopic (exact) mass is 512 g/mol. The summed E-state index contributed by atoms with van der Waals surface area (Å²) in [5, 5.41) is 3.33. The van der Waals surface area contributed by atoms with E-state index in [2.05, 4.69) is 54.3 Å². The Hall–Kier alpha value is -3.86. The lowest BCUT2D eigenvalue weighted by atomic mass is 10.1. The van der Waals surface area contributed by atoms with Crippen LogP contribution in [0.3, 0.4) is 0 Å². The van der Waals surface area contributed by atoms with Gasteiger partial charge in [-0.05, 0) is 42.5 Å². The third kappa shape index (κ3) is 5.52. The molecule has 3 aliphatic heterocycles. The Labute approximate surface area is 222 Å². The Bertz CT molecular complexity index is 1280. The molecule has 0 unspecified atom stereocenters. The van der Waals surface area contributed by atoms with Crippen molar-refractivity contribution in [2.45, 2.75) is 12.1 Å². The van der Waals surface area contributed by atoms with Crippen LogP contribution < -0.4 is 16.0 Å². The van der Waals surface area contributed by atoms with Crippen LogP contribution >= 0.6 is 0 Å². The van der Waals surface area contributed by atoms with E-state index < -0.39 is 0 Å². The van der Waals surface area contributed by atoms with Crippen molar-refractivity contribution in [2.24, 2.45) is 10.7 Å². The van der Waals surface area contributed by atoms with E-state index in [1.54, 1.807) is 24.8 Å². The summed E-state index contributed by atoms with van der Waals surface area (Å²) in [5.41, 5.74) is 11.5. The number of piperazine rings is 1. The van der Waals surface area contributed by atoms with Crippen molar-refractivity contribution in [3.63, 3.8) is 0 Å². The van der Waals surface area contributed by atoms with E-state index in [-0.39, 0.29) is 6.04 Å². The highest BCUT2D eigenvalue weighted by Crippen LogP contribution is 2.24.